The number of hydrogen-bond donors (Lipinski definition) is 2. The molecular formula is C35H42N2O6S. The summed E-state index contributed by atoms with van der Waals surface area (Å²) >= 11 is 0. The number of ether oxygens (including phenoxy) is 1. The van der Waals surface area contributed by atoms with Gasteiger partial charge in [-0.2, -0.15) is 8.42 Å². The largest absolute Gasteiger partial charge is 0.378 e. The molecule has 1 aliphatic heterocycles. The standard InChI is InChI=1S/C35H42N2O6S/c1-35(2,3)19-18-26-6-10-28(11-7-26)32(25-27-8-12-29(13-9-27)33(38)5-4-24-44(40,41)42)34(39)36-30-14-16-31(17-15-30)37-20-22-43-23-21-37/h6-19,32H,4-5,20-25H2,1-3H3,(H,36,39)(H,40,41,42)/b19-18+. The van der Waals surface area contributed by atoms with Crippen molar-refractivity contribution in [2.45, 2.75) is 46.0 Å². The number of benzene rings is 3. The summed E-state index contributed by atoms with van der Waals surface area (Å²) < 4.78 is 36.3. The van der Waals surface area contributed by atoms with Gasteiger partial charge in [-0.3, -0.25) is 14.1 Å². The third-order valence-electron chi connectivity index (χ3n) is 7.46. The fourth-order valence-electron chi connectivity index (χ4n) is 4.98. The predicted molar refractivity (Wildman–Crippen MR) is 176 cm³/mol. The van der Waals surface area contributed by atoms with Crippen molar-refractivity contribution >= 4 is 39.3 Å². The van der Waals surface area contributed by atoms with Gasteiger partial charge in [-0.1, -0.05) is 81.5 Å². The molecule has 1 amide bonds. The Morgan fingerprint density at radius 1 is 0.955 bits per heavy atom. The van der Waals surface area contributed by atoms with E-state index in [4.69, 9.17) is 9.29 Å². The van der Waals surface area contributed by atoms with E-state index >= 15 is 0 Å². The van der Waals surface area contributed by atoms with Crippen molar-refractivity contribution in [1.29, 1.82) is 0 Å². The number of amides is 1. The number of carbonyl (C=O) groups is 2. The number of morpholine rings is 1. The van der Waals surface area contributed by atoms with Crippen molar-refractivity contribution in [3.8, 4) is 0 Å². The molecule has 1 heterocycles. The van der Waals surface area contributed by atoms with Crippen molar-refractivity contribution in [2.75, 3.05) is 42.3 Å². The summed E-state index contributed by atoms with van der Waals surface area (Å²) in [6.45, 7) is 9.51. The first-order valence-electron chi connectivity index (χ1n) is 15.0. The summed E-state index contributed by atoms with van der Waals surface area (Å²) in [6, 6.07) is 22.9. The van der Waals surface area contributed by atoms with Crippen LogP contribution in [0, 0.1) is 5.41 Å². The fraction of sp³-hybridized carbons (Fsp3) is 0.371. The van der Waals surface area contributed by atoms with Crippen LogP contribution in [0.4, 0.5) is 11.4 Å². The van der Waals surface area contributed by atoms with Crippen LogP contribution in [-0.4, -0.2) is 56.7 Å². The van der Waals surface area contributed by atoms with E-state index in [1.165, 1.54) is 0 Å². The Balaban J connectivity index is 1.50. The summed E-state index contributed by atoms with van der Waals surface area (Å²) in [6.07, 6.45) is 4.73. The van der Waals surface area contributed by atoms with Gasteiger partial charge in [0.15, 0.2) is 5.78 Å². The fourth-order valence-corrected chi connectivity index (χ4v) is 5.49. The monoisotopic (exact) mass is 618 g/mol. The van der Waals surface area contributed by atoms with Gasteiger partial charge in [0.2, 0.25) is 5.91 Å². The zero-order chi connectivity index (χ0) is 31.7. The molecule has 0 spiro atoms. The van der Waals surface area contributed by atoms with Gasteiger partial charge in [0, 0.05) is 36.4 Å². The number of Topliss-reactive ketones (excluding diaryl/α,β-unsaturated/α-hetero) is 1. The van der Waals surface area contributed by atoms with Gasteiger partial charge in [-0.25, -0.2) is 0 Å². The molecule has 8 nitrogen and oxygen atoms in total. The number of allylic oxidation sites excluding steroid dienone is 1. The molecule has 3 aromatic carbocycles. The van der Waals surface area contributed by atoms with Crippen LogP contribution in [0.15, 0.2) is 78.9 Å². The van der Waals surface area contributed by atoms with Gasteiger partial charge in [0.1, 0.15) is 0 Å². The summed E-state index contributed by atoms with van der Waals surface area (Å²) in [5.41, 5.74) is 5.15. The Morgan fingerprint density at radius 2 is 1.59 bits per heavy atom. The van der Waals surface area contributed by atoms with E-state index in [0.29, 0.717) is 30.9 Å². The normalized spacial score (nSPS) is 14.9. The smallest absolute Gasteiger partial charge is 0.264 e. The second-order valence-electron chi connectivity index (χ2n) is 12.3. The first-order valence-corrected chi connectivity index (χ1v) is 16.6. The van der Waals surface area contributed by atoms with Crippen LogP contribution in [0.2, 0.25) is 0 Å². The van der Waals surface area contributed by atoms with Crippen LogP contribution >= 0.6 is 0 Å². The van der Waals surface area contributed by atoms with Gasteiger partial charge in [0.05, 0.1) is 24.9 Å². The molecule has 4 rings (SSSR count). The molecule has 44 heavy (non-hydrogen) atoms. The Morgan fingerprint density at radius 3 is 2.18 bits per heavy atom. The van der Waals surface area contributed by atoms with Crippen LogP contribution in [0.3, 0.4) is 0 Å². The van der Waals surface area contributed by atoms with Crippen LogP contribution < -0.4 is 10.2 Å². The van der Waals surface area contributed by atoms with Gasteiger partial charge >= 0.3 is 0 Å². The van der Waals surface area contributed by atoms with E-state index in [1.54, 1.807) is 12.1 Å². The molecule has 1 saturated heterocycles. The number of anilines is 2. The number of carbonyl (C=O) groups excluding carboxylic acids is 2. The summed E-state index contributed by atoms with van der Waals surface area (Å²) in [5, 5.41) is 3.10. The number of hydrogen-bond acceptors (Lipinski definition) is 6. The van der Waals surface area contributed by atoms with Gasteiger partial charge in [-0.05, 0) is 59.2 Å². The topological polar surface area (TPSA) is 113 Å². The molecule has 0 aliphatic carbocycles. The quantitative estimate of drug-likeness (QED) is 0.178. The van der Waals surface area contributed by atoms with Crippen molar-refractivity contribution in [3.05, 3.63) is 101 Å². The molecular weight excluding hydrogens is 576 g/mol. The van der Waals surface area contributed by atoms with Crippen molar-refractivity contribution in [2.24, 2.45) is 5.41 Å². The first kappa shape index (κ1) is 33.1. The Kier molecular flexibility index (Phi) is 11.1. The summed E-state index contributed by atoms with van der Waals surface area (Å²) in [5.74, 6) is -1.26. The lowest BCUT2D eigenvalue weighted by molar-refractivity contribution is -0.117. The molecule has 0 aromatic heterocycles. The average Bonchev–Trinajstić information content (AvgIpc) is 2.99. The van der Waals surface area contributed by atoms with Crippen molar-refractivity contribution in [3.63, 3.8) is 0 Å². The molecule has 1 unspecified atom stereocenters. The van der Waals surface area contributed by atoms with Crippen LogP contribution in [-0.2, 0) is 26.1 Å². The third-order valence-corrected chi connectivity index (χ3v) is 8.27. The van der Waals surface area contributed by atoms with E-state index in [1.807, 2.05) is 60.7 Å². The number of ketones is 1. The molecule has 1 aliphatic rings. The predicted octanol–water partition coefficient (Wildman–Crippen LogP) is 6.40. The zero-order valence-electron chi connectivity index (χ0n) is 25.7. The van der Waals surface area contributed by atoms with Crippen molar-refractivity contribution < 1.29 is 27.3 Å². The summed E-state index contributed by atoms with van der Waals surface area (Å²) in [4.78, 5) is 28.5. The maximum atomic E-state index is 13.7. The highest BCUT2D eigenvalue weighted by atomic mass is 32.2. The van der Waals surface area contributed by atoms with Gasteiger partial charge in [0.25, 0.3) is 10.1 Å². The van der Waals surface area contributed by atoms with Crippen LogP contribution in [0.5, 0.6) is 0 Å². The highest BCUT2D eigenvalue weighted by Crippen LogP contribution is 2.26. The molecule has 1 atom stereocenters. The molecule has 0 radical (unpaired) electrons. The molecule has 9 heteroatoms. The lowest BCUT2D eigenvalue weighted by atomic mass is 9.89. The molecule has 234 valence electrons. The highest BCUT2D eigenvalue weighted by molar-refractivity contribution is 7.85. The van der Waals surface area contributed by atoms with E-state index < -0.39 is 21.8 Å². The SMILES string of the molecule is CC(C)(C)/C=C/c1ccc(C(Cc2ccc(C(=O)CCCS(=O)(=O)O)cc2)C(=O)Nc2ccc(N3CCOCC3)cc2)cc1. The Bertz CT molecular complexity index is 1530. The third kappa shape index (κ3) is 10.4. The lowest BCUT2D eigenvalue weighted by Crippen LogP contribution is -2.36. The minimum absolute atomic E-state index is 0.0184. The maximum Gasteiger partial charge on any atom is 0.264 e. The molecule has 2 N–H and O–H groups in total. The first-order chi connectivity index (χ1) is 20.9. The van der Waals surface area contributed by atoms with E-state index in [9.17, 15) is 18.0 Å². The lowest BCUT2D eigenvalue weighted by Gasteiger charge is -2.29. The Hall–Kier alpha value is -3.79. The molecule has 1 fully saturated rings. The van der Waals surface area contributed by atoms with E-state index in [2.05, 4.69) is 43.1 Å². The van der Waals surface area contributed by atoms with Crippen molar-refractivity contribution in [1.82, 2.24) is 0 Å². The maximum absolute atomic E-state index is 13.7. The second-order valence-corrected chi connectivity index (χ2v) is 13.8. The molecule has 0 bridgehead atoms. The molecule has 0 saturated carbocycles. The minimum Gasteiger partial charge on any atom is -0.378 e. The number of nitrogens with one attached hydrogen (secondary N) is 1. The number of nitrogens with zero attached hydrogens (tertiary/aromatic N) is 1. The van der Waals surface area contributed by atoms with Gasteiger partial charge < -0.3 is 15.0 Å². The second kappa shape index (κ2) is 14.8. The number of rotatable bonds is 12. The van der Waals surface area contributed by atoms with E-state index in [-0.39, 0.29) is 29.9 Å². The summed E-state index contributed by atoms with van der Waals surface area (Å²) in [7, 11) is -4.10. The highest BCUT2D eigenvalue weighted by Gasteiger charge is 2.22. The molecule has 3 aromatic rings. The minimum atomic E-state index is -4.10. The average molecular weight is 619 g/mol. The van der Waals surface area contributed by atoms with Gasteiger partial charge in [-0.15, -0.1) is 0 Å². The van der Waals surface area contributed by atoms with E-state index in [0.717, 1.165) is 35.5 Å². The Labute approximate surface area is 260 Å². The van der Waals surface area contributed by atoms with Crippen LogP contribution in [0.25, 0.3) is 6.08 Å². The zero-order valence-corrected chi connectivity index (χ0v) is 26.5. The van der Waals surface area contributed by atoms with Crippen LogP contribution in [0.1, 0.15) is 66.6 Å².